The van der Waals surface area contributed by atoms with Crippen molar-refractivity contribution in [2.45, 2.75) is 11.5 Å². The molecular formula is C10H16N2O3S2. The molecule has 0 aliphatic carbocycles. The van der Waals surface area contributed by atoms with E-state index in [-0.39, 0.29) is 11.5 Å². The number of piperazine rings is 1. The quantitative estimate of drug-likeness (QED) is 0.855. The number of aliphatic hydroxyl groups is 1. The van der Waals surface area contributed by atoms with E-state index in [4.69, 9.17) is 5.11 Å². The van der Waals surface area contributed by atoms with Gasteiger partial charge in [-0.3, -0.25) is 0 Å². The van der Waals surface area contributed by atoms with Crippen LogP contribution >= 0.6 is 11.3 Å². The molecule has 0 bridgehead atoms. The van der Waals surface area contributed by atoms with Crippen molar-refractivity contribution >= 4 is 21.4 Å². The lowest BCUT2D eigenvalue weighted by atomic mass is 10.4. The number of rotatable bonds is 3. The minimum atomic E-state index is -3.43. The zero-order valence-corrected chi connectivity index (χ0v) is 11.3. The molecule has 7 heteroatoms. The van der Waals surface area contributed by atoms with Gasteiger partial charge in [0.25, 0.3) is 0 Å². The third kappa shape index (κ3) is 2.53. The van der Waals surface area contributed by atoms with E-state index < -0.39 is 10.0 Å². The summed E-state index contributed by atoms with van der Waals surface area (Å²) in [4.78, 5) is 2.88. The molecule has 0 amide bonds. The lowest BCUT2D eigenvalue weighted by Gasteiger charge is -2.31. The van der Waals surface area contributed by atoms with Crippen LogP contribution in [-0.4, -0.2) is 56.0 Å². The third-order valence-electron chi connectivity index (χ3n) is 2.93. The standard InChI is InChI=1S/C10H16N2O3S2/c1-11-3-5-12(6-4-11)17(14,15)10-2-7-16-9(10)8-13/h2,7,13H,3-6,8H2,1H3. The van der Waals surface area contributed by atoms with Gasteiger partial charge < -0.3 is 10.0 Å². The van der Waals surface area contributed by atoms with Crippen LogP contribution in [0.15, 0.2) is 16.3 Å². The molecule has 96 valence electrons. The fourth-order valence-electron chi connectivity index (χ4n) is 1.84. The van der Waals surface area contributed by atoms with Crippen LogP contribution < -0.4 is 0 Å². The Morgan fingerprint density at radius 3 is 2.59 bits per heavy atom. The first-order valence-corrected chi connectivity index (χ1v) is 7.73. The summed E-state index contributed by atoms with van der Waals surface area (Å²) in [6.45, 7) is 2.30. The Morgan fingerprint density at radius 1 is 1.35 bits per heavy atom. The molecule has 5 nitrogen and oxygen atoms in total. The van der Waals surface area contributed by atoms with Crippen LogP contribution in [0.2, 0.25) is 0 Å². The van der Waals surface area contributed by atoms with Gasteiger partial charge in [-0.05, 0) is 18.5 Å². The maximum atomic E-state index is 12.3. The summed E-state index contributed by atoms with van der Waals surface area (Å²) < 4.78 is 26.2. The topological polar surface area (TPSA) is 60.9 Å². The molecule has 2 rings (SSSR count). The molecule has 2 heterocycles. The number of sulfonamides is 1. The Bertz CT molecular complexity index is 475. The van der Waals surface area contributed by atoms with E-state index in [2.05, 4.69) is 4.90 Å². The monoisotopic (exact) mass is 276 g/mol. The second-order valence-electron chi connectivity index (χ2n) is 4.07. The highest BCUT2D eigenvalue weighted by atomic mass is 32.2. The van der Waals surface area contributed by atoms with Crippen LogP contribution in [0, 0.1) is 0 Å². The molecule has 0 spiro atoms. The van der Waals surface area contributed by atoms with Crippen molar-refractivity contribution in [1.82, 2.24) is 9.21 Å². The molecule has 0 saturated carbocycles. The molecule has 0 unspecified atom stereocenters. The van der Waals surface area contributed by atoms with Gasteiger partial charge in [0.05, 0.1) is 11.5 Å². The van der Waals surface area contributed by atoms with Crippen LogP contribution in [0.25, 0.3) is 0 Å². The van der Waals surface area contributed by atoms with Crippen molar-refractivity contribution in [2.75, 3.05) is 33.2 Å². The smallest absolute Gasteiger partial charge is 0.244 e. The minimum absolute atomic E-state index is 0.222. The first-order valence-electron chi connectivity index (χ1n) is 5.41. The fourth-order valence-corrected chi connectivity index (χ4v) is 4.53. The maximum absolute atomic E-state index is 12.3. The summed E-state index contributed by atoms with van der Waals surface area (Å²) in [6.07, 6.45) is 0. The first-order chi connectivity index (χ1) is 8.05. The van der Waals surface area contributed by atoms with E-state index >= 15 is 0 Å². The number of nitrogens with zero attached hydrogens (tertiary/aromatic N) is 2. The van der Waals surface area contributed by atoms with E-state index in [0.29, 0.717) is 18.0 Å². The summed E-state index contributed by atoms with van der Waals surface area (Å²) in [5, 5.41) is 10.8. The van der Waals surface area contributed by atoms with E-state index in [1.54, 1.807) is 11.4 Å². The molecule has 0 atom stereocenters. The van der Waals surface area contributed by atoms with Crippen molar-refractivity contribution in [3.8, 4) is 0 Å². The molecule has 0 aromatic carbocycles. The molecule has 17 heavy (non-hydrogen) atoms. The molecule has 1 aromatic rings. The Balaban J connectivity index is 2.25. The average molecular weight is 276 g/mol. The zero-order valence-electron chi connectivity index (χ0n) is 9.66. The summed E-state index contributed by atoms with van der Waals surface area (Å²) in [6, 6.07) is 1.57. The third-order valence-corrected chi connectivity index (χ3v) is 5.95. The van der Waals surface area contributed by atoms with Crippen molar-refractivity contribution in [1.29, 1.82) is 0 Å². The number of hydrogen-bond donors (Lipinski definition) is 1. The maximum Gasteiger partial charge on any atom is 0.244 e. The van der Waals surface area contributed by atoms with Crippen molar-refractivity contribution in [3.05, 3.63) is 16.3 Å². The summed E-state index contributed by atoms with van der Waals surface area (Å²) in [5.41, 5.74) is 0. The molecule has 1 aromatic heterocycles. The first kappa shape index (κ1) is 13.0. The van der Waals surface area contributed by atoms with Crippen LogP contribution in [0.1, 0.15) is 4.88 Å². The van der Waals surface area contributed by atoms with Gasteiger partial charge in [-0.2, -0.15) is 4.31 Å². The van der Waals surface area contributed by atoms with Crippen LogP contribution in [0.5, 0.6) is 0 Å². The molecule has 1 aliphatic heterocycles. The van der Waals surface area contributed by atoms with Gasteiger partial charge >= 0.3 is 0 Å². The molecule has 1 fully saturated rings. The number of aliphatic hydroxyl groups excluding tert-OH is 1. The fraction of sp³-hybridized carbons (Fsp3) is 0.600. The lowest BCUT2D eigenvalue weighted by molar-refractivity contribution is 0.222. The van der Waals surface area contributed by atoms with E-state index in [0.717, 1.165) is 13.1 Å². The number of hydrogen-bond acceptors (Lipinski definition) is 5. The molecule has 1 saturated heterocycles. The average Bonchev–Trinajstić information content (AvgIpc) is 2.78. The van der Waals surface area contributed by atoms with E-state index in [9.17, 15) is 8.42 Å². The highest BCUT2D eigenvalue weighted by Gasteiger charge is 2.29. The van der Waals surface area contributed by atoms with Crippen molar-refractivity contribution < 1.29 is 13.5 Å². The van der Waals surface area contributed by atoms with E-state index in [1.165, 1.54) is 15.6 Å². The Labute approximate surface area is 105 Å². The second kappa shape index (κ2) is 5.03. The Kier molecular flexibility index (Phi) is 3.84. The molecular weight excluding hydrogens is 260 g/mol. The van der Waals surface area contributed by atoms with Crippen LogP contribution in [0.3, 0.4) is 0 Å². The number of likely N-dealkylation sites (N-methyl/N-ethyl adjacent to an activating group) is 1. The SMILES string of the molecule is CN1CCN(S(=O)(=O)c2ccsc2CO)CC1. The zero-order chi connectivity index (χ0) is 12.5. The normalized spacial score (nSPS) is 19.6. The van der Waals surface area contributed by atoms with Gasteiger partial charge in [-0.25, -0.2) is 8.42 Å². The molecule has 0 radical (unpaired) electrons. The van der Waals surface area contributed by atoms with Gasteiger partial charge in [-0.15, -0.1) is 11.3 Å². The largest absolute Gasteiger partial charge is 0.391 e. The van der Waals surface area contributed by atoms with Crippen LogP contribution in [-0.2, 0) is 16.6 Å². The van der Waals surface area contributed by atoms with Gasteiger partial charge in [0, 0.05) is 31.1 Å². The summed E-state index contributed by atoms with van der Waals surface area (Å²) >= 11 is 1.27. The summed E-state index contributed by atoms with van der Waals surface area (Å²) in [7, 11) is -1.45. The highest BCUT2D eigenvalue weighted by Crippen LogP contribution is 2.25. The van der Waals surface area contributed by atoms with Gasteiger partial charge in [0.1, 0.15) is 0 Å². The molecule has 1 N–H and O–H groups in total. The highest BCUT2D eigenvalue weighted by molar-refractivity contribution is 7.89. The predicted molar refractivity (Wildman–Crippen MR) is 66.5 cm³/mol. The van der Waals surface area contributed by atoms with Gasteiger partial charge in [0.15, 0.2) is 0 Å². The Hall–Kier alpha value is -0.470. The second-order valence-corrected chi connectivity index (χ2v) is 6.98. The molecule has 1 aliphatic rings. The predicted octanol–water partition coefficient (Wildman–Crippen LogP) is 0.176. The van der Waals surface area contributed by atoms with Gasteiger partial charge in [-0.1, -0.05) is 0 Å². The Morgan fingerprint density at radius 2 is 2.00 bits per heavy atom. The lowest BCUT2D eigenvalue weighted by Crippen LogP contribution is -2.47. The van der Waals surface area contributed by atoms with Crippen molar-refractivity contribution in [2.24, 2.45) is 0 Å². The minimum Gasteiger partial charge on any atom is -0.391 e. The van der Waals surface area contributed by atoms with E-state index in [1.807, 2.05) is 7.05 Å². The van der Waals surface area contributed by atoms with Crippen LogP contribution in [0.4, 0.5) is 0 Å². The summed E-state index contributed by atoms with van der Waals surface area (Å²) in [5.74, 6) is 0. The van der Waals surface area contributed by atoms with Gasteiger partial charge in [0.2, 0.25) is 10.0 Å². The number of thiophene rings is 1. The van der Waals surface area contributed by atoms with Crippen molar-refractivity contribution in [3.63, 3.8) is 0 Å².